The molecule has 4 rings (SSSR count). The van der Waals surface area contributed by atoms with Crippen molar-refractivity contribution in [1.82, 2.24) is 25.0 Å². The highest BCUT2D eigenvalue weighted by molar-refractivity contribution is 5.57. The van der Waals surface area contributed by atoms with Crippen LogP contribution in [0.15, 0.2) is 35.3 Å². The molecule has 0 aromatic carbocycles. The number of aromatic nitrogens is 5. The summed E-state index contributed by atoms with van der Waals surface area (Å²) in [4.78, 5) is 4.17. The largest absolute Gasteiger partial charge is 0.420 e. The molecule has 130 valence electrons. The van der Waals surface area contributed by atoms with Gasteiger partial charge in [-0.1, -0.05) is 6.92 Å². The lowest BCUT2D eigenvalue weighted by Crippen LogP contribution is -2.21. The van der Waals surface area contributed by atoms with Crippen LogP contribution in [0.25, 0.3) is 11.5 Å². The molecule has 1 saturated heterocycles. The summed E-state index contributed by atoms with van der Waals surface area (Å²) in [5.41, 5.74) is 3.09. The van der Waals surface area contributed by atoms with Crippen molar-refractivity contribution in [2.75, 3.05) is 6.61 Å². The molecule has 0 aliphatic carbocycles. The Morgan fingerprint density at radius 1 is 1.28 bits per heavy atom. The predicted molar refractivity (Wildman–Crippen MR) is 90.8 cm³/mol. The van der Waals surface area contributed by atoms with E-state index in [1.54, 1.807) is 10.9 Å². The van der Waals surface area contributed by atoms with Crippen LogP contribution in [0.2, 0.25) is 0 Å². The average Bonchev–Trinajstić information content (AvgIpc) is 3.31. The molecular formula is C18H21N5O2. The highest BCUT2D eigenvalue weighted by atomic mass is 16.5. The van der Waals surface area contributed by atoms with E-state index in [2.05, 4.69) is 27.2 Å². The van der Waals surface area contributed by atoms with Crippen LogP contribution < -0.4 is 0 Å². The molecule has 1 fully saturated rings. The van der Waals surface area contributed by atoms with Crippen molar-refractivity contribution in [1.29, 1.82) is 0 Å². The summed E-state index contributed by atoms with van der Waals surface area (Å²) in [6, 6.07) is 1.92. The number of ether oxygens (including phenoxy) is 1. The van der Waals surface area contributed by atoms with E-state index in [0.717, 1.165) is 42.6 Å². The van der Waals surface area contributed by atoms with Crippen LogP contribution in [-0.4, -0.2) is 31.6 Å². The summed E-state index contributed by atoms with van der Waals surface area (Å²) in [5, 5.41) is 12.9. The van der Waals surface area contributed by atoms with Crippen molar-refractivity contribution in [2.45, 2.75) is 38.2 Å². The second-order valence-electron chi connectivity index (χ2n) is 6.32. The van der Waals surface area contributed by atoms with Crippen LogP contribution >= 0.6 is 0 Å². The van der Waals surface area contributed by atoms with E-state index >= 15 is 0 Å². The fourth-order valence-corrected chi connectivity index (χ4v) is 3.36. The Kier molecular flexibility index (Phi) is 4.31. The molecule has 1 aliphatic rings. The van der Waals surface area contributed by atoms with Gasteiger partial charge in [0.05, 0.1) is 18.2 Å². The Hall–Kier alpha value is -2.54. The molecular weight excluding hydrogens is 318 g/mol. The Morgan fingerprint density at radius 2 is 2.20 bits per heavy atom. The number of hydrogen-bond acceptors (Lipinski definition) is 6. The predicted octanol–water partition coefficient (Wildman–Crippen LogP) is 3.06. The van der Waals surface area contributed by atoms with Gasteiger partial charge >= 0.3 is 0 Å². The van der Waals surface area contributed by atoms with Crippen molar-refractivity contribution >= 4 is 0 Å². The van der Waals surface area contributed by atoms with E-state index in [-0.39, 0.29) is 12.0 Å². The van der Waals surface area contributed by atoms with Gasteiger partial charge in [0.15, 0.2) is 0 Å². The normalized spacial score (nSPS) is 20.7. The number of hydrogen-bond donors (Lipinski definition) is 0. The molecule has 0 bridgehead atoms. The molecule has 0 unspecified atom stereocenters. The van der Waals surface area contributed by atoms with E-state index < -0.39 is 0 Å². The first-order chi connectivity index (χ1) is 12.3. The molecule has 1 aliphatic heterocycles. The van der Waals surface area contributed by atoms with Crippen molar-refractivity contribution in [3.8, 4) is 11.5 Å². The van der Waals surface area contributed by atoms with E-state index in [1.165, 1.54) is 0 Å². The first-order valence-corrected chi connectivity index (χ1v) is 8.63. The van der Waals surface area contributed by atoms with Crippen molar-refractivity contribution in [3.05, 3.63) is 47.9 Å². The Balaban J connectivity index is 1.66. The first-order valence-electron chi connectivity index (χ1n) is 8.63. The maximum atomic E-state index is 6.05. The number of rotatable bonds is 4. The zero-order valence-corrected chi connectivity index (χ0v) is 14.4. The third-order valence-corrected chi connectivity index (χ3v) is 4.65. The molecule has 0 saturated carbocycles. The lowest BCUT2D eigenvalue weighted by Gasteiger charge is -2.28. The Morgan fingerprint density at radius 3 is 3.00 bits per heavy atom. The quantitative estimate of drug-likeness (QED) is 0.727. The maximum Gasteiger partial charge on any atom is 0.248 e. The Labute approximate surface area is 146 Å². The molecule has 7 nitrogen and oxygen atoms in total. The van der Waals surface area contributed by atoms with Crippen LogP contribution in [0.4, 0.5) is 0 Å². The second-order valence-corrected chi connectivity index (χ2v) is 6.32. The number of pyridine rings is 1. The summed E-state index contributed by atoms with van der Waals surface area (Å²) >= 11 is 0. The minimum Gasteiger partial charge on any atom is -0.420 e. The summed E-state index contributed by atoms with van der Waals surface area (Å²) in [6.07, 6.45) is 10.1. The molecule has 3 aromatic heterocycles. The minimum atomic E-state index is -0.0983. The highest BCUT2D eigenvalue weighted by Crippen LogP contribution is 2.40. The number of nitrogens with zero attached hydrogens (tertiary/aromatic N) is 5. The zero-order chi connectivity index (χ0) is 17.2. The molecule has 0 amide bonds. The molecule has 25 heavy (non-hydrogen) atoms. The van der Waals surface area contributed by atoms with Crippen molar-refractivity contribution in [3.63, 3.8) is 0 Å². The highest BCUT2D eigenvalue weighted by Gasteiger charge is 2.34. The fraction of sp³-hybridized carbons (Fsp3) is 0.444. The van der Waals surface area contributed by atoms with E-state index in [1.807, 2.05) is 31.7 Å². The molecule has 0 N–H and O–H groups in total. The second kappa shape index (κ2) is 6.76. The molecule has 2 atom stereocenters. The molecule has 0 radical (unpaired) electrons. The minimum absolute atomic E-state index is 0.0473. The van der Waals surface area contributed by atoms with E-state index in [4.69, 9.17) is 9.15 Å². The van der Waals surface area contributed by atoms with Gasteiger partial charge in [-0.3, -0.25) is 9.67 Å². The van der Waals surface area contributed by atoms with Gasteiger partial charge in [-0.25, -0.2) is 0 Å². The Bertz CT molecular complexity index is 857. The third kappa shape index (κ3) is 3.07. The summed E-state index contributed by atoms with van der Waals surface area (Å²) in [7, 11) is 1.90. The van der Waals surface area contributed by atoms with Crippen molar-refractivity contribution in [2.24, 2.45) is 7.05 Å². The van der Waals surface area contributed by atoms with Gasteiger partial charge in [-0.05, 0) is 30.9 Å². The third-order valence-electron chi connectivity index (χ3n) is 4.65. The van der Waals surface area contributed by atoms with Gasteiger partial charge in [-0.15, -0.1) is 10.2 Å². The fourth-order valence-electron chi connectivity index (χ4n) is 3.36. The van der Waals surface area contributed by atoms with Gasteiger partial charge in [-0.2, -0.15) is 5.10 Å². The van der Waals surface area contributed by atoms with E-state index in [0.29, 0.717) is 11.8 Å². The van der Waals surface area contributed by atoms with Crippen LogP contribution in [0.5, 0.6) is 0 Å². The van der Waals surface area contributed by atoms with Crippen LogP contribution in [-0.2, 0) is 18.2 Å². The summed E-state index contributed by atoms with van der Waals surface area (Å²) in [5.74, 6) is 1.22. The van der Waals surface area contributed by atoms with Crippen molar-refractivity contribution < 1.29 is 9.15 Å². The van der Waals surface area contributed by atoms with Crippen LogP contribution in [0.1, 0.15) is 48.8 Å². The van der Waals surface area contributed by atoms with Gasteiger partial charge in [0, 0.05) is 43.4 Å². The first kappa shape index (κ1) is 16.0. The number of aryl methyl sites for hydroxylation is 2. The topological polar surface area (TPSA) is 78.9 Å². The average molecular weight is 339 g/mol. The summed E-state index contributed by atoms with van der Waals surface area (Å²) in [6.45, 7) is 2.83. The lowest BCUT2D eigenvalue weighted by atomic mass is 9.91. The summed E-state index contributed by atoms with van der Waals surface area (Å²) < 4.78 is 13.9. The van der Waals surface area contributed by atoms with E-state index in [9.17, 15) is 0 Å². The molecule has 0 spiro atoms. The van der Waals surface area contributed by atoms with Crippen LogP contribution in [0, 0.1) is 0 Å². The van der Waals surface area contributed by atoms with Gasteiger partial charge in [0.2, 0.25) is 11.8 Å². The zero-order valence-electron chi connectivity index (χ0n) is 14.4. The monoisotopic (exact) mass is 339 g/mol. The van der Waals surface area contributed by atoms with Crippen LogP contribution in [0.3, 0.4) is 0 Å². The van der Waals surface area contributed by atoms with Gasteiger partial charge < -0.3 is 9.15 Å². The molecule has 4 heterocycles. The van der Waals surface area contributed by atoms with Gasteiger partial charge in [0.1, 0.15) is 0 Å². The lowest BCUT2D eigenvalue weighted by molar-refractivity contribution is -0.00890. The SMILES string of the molecule is CCc1cnccc1-c1nnc([C@@H]2CCCO[C@H]2c2cnn(C)c2)o1. The van der Waals surface area contributed by atoms with Gasteiger partial charge in [0.25, 0.3) is 0 Å². The smallest absolute Gasteiger partial charge is 0.248 e. The maximum absolute atomic E-state index is 6.05. The molecule has 7 heteroatoms. The standard InChI is InChI=1S/C18H21N5O2/c1-3-12-9-19-7-6-14(12)17-21-22-18(25-17)15-5-4-8-24-16(15)13-10-20-23(2)11-13/h6-7,9-11,15-16H,3-5,8H2,1-2H3/t15-,16+/m1/s1. The molecule has 3 aromatic rings.